The maximum atomic E-state index is 13.3. The summed E-state index contributed by atoms with van der Waals surface area (Å²) in [7, 11) is -2.43. The summed E-state index contributed by atoms with van der Waals surface area (Å²) in [5.74, 6) is -2.39. The molecule has 0 aliphatic carbocycles. The Balaban J connectivity index is 1.72. The number of hydrogen-bond donors (Lipinski definition) is 1. The van der Waals surface area contributed by atoms with Gasteiger partial charge in [-0.2, -0.15) is 0 Å². The number of esters is 1. The van der Waals surface area contributed by atoms with Gasteiger partial charge in [-0.15, -0.1) is 6.58 Å². The van der Waals surface area contributed by atoms with E-state index in [1.165, 1.54) is 34.9 Å². The standard InChI is InChI=1S/C24H22ClN3O6S/c1-3-13-28(19-11-9-18(25)10-12-19)35(32,33)20-7-4-6-17(15-20)24(31)34-16-22(29)26-23(30)21-8-5-14-27(21)2/h3-12,14-15H,1,13,16H2,2H3,(H,26,29,30). The minimum absolute atomic E-state index is 0.0199. The molecule has 3 rings (SSSR count). The Morgan fingerprint density at radius 2 is 1.83 bits per heavy atom. The molecule has 0 aliphatic rings. The number of ether oxygens (including phenoxy) is 1. The summed E-state index contributed by atoms with van der Waals surface area (Å²) >= 11 is 5.91. The van der Waals surface area contributed by atoms with Crippen LogP contribution in [0.3, 0.4) is 0 Å². The Hall–Kier alpha value is -3.89. The molecule has 0 spiro atoms. The van der Waals surface area contributed by atoms with Gasteiger partial charge in [0.25, 0.3) is 21.8 Å². The van der Waals surface area contributed by atoms with E-state index < -0.39 is 34.4 Å². The minimum Gasteiger partial charge on any atom is -0.452 e. The lowest BCUT2D eigenvalue weighted by molar-refractivity contribution is -0.123. The fourth-order valence-electron chi connectivity index (χ4n) is 3.12. The van der Waals surface area contributed by atoms with Crippen LogP contribution in [0, 0.1) is 0 Å². The summed E-state index contributed by atoms with van der Waals surface area (Å²) in [6.45, 7) is 2.87. The number of halogens is 1. The number of carbonyl (C=O) groups is 3. The van der Waals surface area contributed by atoms with Crippen molar-refractivity contribution in [2.24, 2.45) is 7.05 Å². The topological polar surface area (TPSA) is 115 Å². The normalized spacial score (nSPS) is 10.9. The third-order valence-corrected chi connectivity index (χ3v) is 6.87. The molecule has 0 radical (unpaired) electrons. The molecule has 1 aromatic heterocycles. The number of nitrogens with zero attached hydrogens (tertiary/aromatic N) is 2. The Morgan fingerprint density at radius 3 is 2.46 bits per heavy atom. The molecule has 35 heavy (non-hydrogen) atoms. The SMILES string of the molecule is C=CCN(c1ccc(Cl)cc1)S(=O)(=O)c1cccc(C(=O)OCC(=O)NC(=O)c2cccn2C)c1. The number of benzene rings is 2. The molecule has 0 aliphatic heterocycles. The molecule has 0 unspecified atom stereocenters. The molecule has 9 nitrogen and oxygen atoms in total. The zero-order valence-electron chi connectivity index (χ0n) is 18.7. The Labute approximate surface area is 207 Å². The van der Waals surface area contributed by atoms with Gasteiger partial charge in [-0.3, -0.25) is 19.2 Å². The van der Waals surface area contributed by atoms with E-state index >= 15 is 0 Å². The van der Waals surface area contributed by atoms with E-state index in [0.29, 0.717) is 10.7 Å². The van der Waals surface area contributed by atoms with E-state index in [9.17, 15) is 22.8 Å². The van der Waals surface area contributed by atoms with E-state index in [0.717, 1.165) is 10.4 Å². The van der Waals surface area contributed by atoms with Crippen molar-refractivity contribution in [1.82, 2.24) is 9.88 Å². The van der Waals surface area contributed by atoms with Gasteiger partial charge >= 0.3 is 5.97 Å². The molecule has 2 aromatic carbocycles. The first kappa shape index (κ1) is 25.7. The molecule has 0 saturated carbocycles. The lowest BCUT2D eigenvalue weighted by Crippen LogP contribution is -2.35. The van der Waals surface area contributed by atoms with E-state index in [1.54, 1.807) is 43.6 Å². The van der Waals surface area contributed by atoms with Crippen molar-refractivity contribution in [2.45, 2.75) is 4.90 Å². The number of aryl methyl sites for hydroxylation is 1. The predicted molar refractivity (Wildman–Crippen MR) is 131 cm³/mol. The second kappa shape index (κ2) is 11.0. The van der Waals surface area contributed by atoms with Crippen LogP contribution in [0.15, 0.2) is 84.4 Å². The van der Waals surface area contributed by atoms with Crippen LogP contribution >= 0.6 is 11.6 Å². The molecule has 11 heteroatoms. The van der Waals surface area contributed by atoms with Crippen molar-refractivity contribution in [3.63, 3.8) is 0 Å². The summed E-state index contributed by atoms with van der Waals surface area (Å²) < 4.78 is 34.2. The molecule has 3 aromatic rings. The lowest BCUT2D eigenvalue weighted by atomic mass is 10.2. The monoisotopic (exact) mass is 515 g/mol. The first-order chi connectivity index (χ1) is 16.6. The lowest BCUT2D eigenvalue weighted by Gasteiger charge is -2.23. The average Bonchev–Trinajstić information content (AvgIpc) is 3.27. The molecular weight excluding hydrogens is 494 g/mol. The number of hydrogen-bond acceptors (Lipinski definition) is 6. The van der Waals surface area contributed by atoms with E-state index in [-0.39, 0.29) is 22.7 Å². The second-order valence-electron chi connectivity index (χ2n) is 7.29. The summed E-state index contributed by atoms with van der Waals surface area (Å²) in [5, 5.41) is 2.57. The van der Waals surface area contributed by atoms with Crippen molar-refractivity contribution in [3.05, 3.63) is 95.8 Å². The Morgan fingerprint density at radius 1 is 1.11 bits per heavy atom. The quantitative estimate of drug-likeness (QED) is 0.346. The molecule has 2 amide bonds. The highest BCUT2D eigenvalue weighted by atomic mass is 35.5. The fraction of sp³-hybridized carbons (Fsp3) is 0.125. The van der Waals surface area contributed by atoms with Gasteiger partial charge in [0.1, 0.15) is 5.69 Å². The second-order valence-corrected chi connectivity index (χ2v) is 9.59. The molecule has 0 bridgehead atoms. The van der Waals surface area contributed by atoms with Gasteiger partial charge in [0.2, 0.25) is 0 Å². The highest BCUT2D eigenvalue weighted by molar-refractivity contribution is 7.92. The van der Waals surface area contributed by atoms with Crippen LogP contribution in [-0.2, 0) is 26.6 Å². The average molecular weight is 516 g/mol. The van der Waals surface area contributed by atoms with Crippen molar-refractivity contribution in [1.29, 1.82) is 0 Å². The van der Waals surface area contributed by atoms with Crippen LogP contribution in [0.5, 0.6) is 0 Å². The number of sulfonamides is 1. The van der Waals surface area contributed by atoms with Gasteiger partial charge in [-0.05, 0) is 54.6 Å². The van der Waals surface area contributed by atoms with Crippen LogP contribution < -0.4 is 9.62 Å². The van der Waals surface area contributed by atoms with Crippen LogP contribution in [0.25, 0.3) is 0 Å². The van der Waals surface area contributed by atoms with E-state index in [1.807, 2.05) is 0 Å². The maximum absolute atomic E-state index is 13.3. The Kier molecular flexibility index (Phi) is 8.10. The maximum Gasteiger partial charge on any atom is 0.338 e. The third-order valence-electron chi connectivity index (χ3n) is 4.83. The van der Waals surface area contributed by atoms with Gasteiger partial charge in [0, 0.05) is 18.3 Å². The summed E-state index contributed by atoms with van der Waals surface area (Å²) in [6.07, 6.45) is 3.07. The van der Waals surface area contributed by atoms with Gasteiger partial charge in [0.05, 0.1) is 22.7 Å². The number of nitrogens with one attached hydrogen (secondary N) is 1. The molecule has 0 atom stereocenters. The number of imide groups is 1. The van der Waals surface area contributed by atoms with Gasteiger partial charge in [-0.25, -0.2) is 13.2 Å². The molecule has 1 N–H and O–H groups in total. The van der Waals surface area contributed by atoms with Crippen molar-refractivity contribution < 1.29 is 27.5 Å². The number of amides is 2. The molecule has 182 valence electrons. The molecule has 1 heterocycles. The molecule has 0 fully saturated rings. The smallest absolute Gasteiger partial charge is 0.338 e. The van der Waals surface area contributed by atoms with E-state index in [2.05, 4.69) is 11.9 Å². The van der Waals surface area contributed by atoms with Gasteiger partial charge in [0.15, 0.2) is 6.61 Å². The zero-order valence-corrected chi connectivity index (χ0v) is 20.3. The van der Waals surface area contributed by atoms with Crippen molar-refractivity contribution in [3.8, 4) is 0 Å². The molecular formula is C24H22ClN3O6S. The first-order valence-corrected chi connectivity index (χ1v) is 12.1. The Bertz CT molecular complexity index is 1370. The van der Waals surface area contributed by atoms with Crippen LogP contribution in [0.1, 0.15) is 20.8 Å². The largest absolute Gasteiger partial charge is 0.452 e. The van der Waals surface area contributed by atoms with Crippen LogP contribution in [0.2, 0.25) is 5.02 Å². The first-order valence-electron chi connectivity index (χ1n) is 10.3. The van der Waals surface area contributed by atoms with Crippen molar-refractivity contribution in [2.75, 3.05) is 17.5 Å². The number of aromatic nitrogens is 1. The summed E-state index contributed by atoms with van der Waals surface area (Å²) in [6, 6.07) is 14.6. The molecule has 0 saturated heterocycles. The minimum atomic E-state index is -4.08. The fourth-order valence-corrected chi connectivity index (χ4v) is 4.72. The van der Waals surface area contributed by atoms with Gasteiger partial charge < -0.3 is 9.30 Å². The van der Waals surface area contributed by atoms with Gasteiger partial charge in [-0.1, -0.05) is 23.7 Å². The third kappa shape index (κ3) is 6.17. The number of rotatable bonds is 9. The number of carbonyl (C=O) groups excluding carboxylic acids is 3. The highest BCUT2D eigenvalue weighted by Gasteiger charge is 2.25. The number of anilines is 1. The van der Waals surface area contributed by atoms with E-state index in [4.69, 9.17) is 16.3 Å². The van der Waals surface area contributed by atoms with Crippen molar-refractivity contribution >= 4 is 45.1 Å². The summed E-state index contributed by atoms with van der Waals surface area (Å²) in [4.78, 5) is 36.4. The zero-order chi connectivity index (χ0) is 25.6. The highest BCUT2D eigenvalue weighted by Crippen LogP contribution is 2.26. The van der Waals surface area contributed by atoms with Crippen LogP contribution in [0.4, 0.5) is 5.69 Å². The van der Waals surface area contributed by atoms with Crippen LogP contribution in [-0.4, -0.2) is 43.9 Å². The summed E-state index contributed by atoms with van der Waals surface area (Å²) in [5.41, 5.74) is 0.538. The predicted octanol–water partition coefficient (Wildman–Crippen LogP) is 3.17.